The lowest BCUT2D eigenvalue weighted by molar-refractivity contribution is 0.214. The van der Waals surface area contributed by atoms with E-state index < -0.39 is 0 Å². The Bertz CT molecular complexity index is 64.1. The van der Waals surface area contributed by atoms with Crippen LogP contribution in [0.2, 0.25) is 0 Å². The van der Waals surface area contributed by atoms with E-state index in [2.05, 4.69) is 23.3 Å². The molecule has 0 bridgehead atoms. The molecule has 2 nitrogen and oxygen atoms in total. The number of hydrogen-bond acceptors (Lipinski definition) is 2. The maximum Gasteiger partial charge on any atom is 0.0735 e. The Morgan fingerprint density at radius 1 is 1.56 bits per heavy atom. The van der Waals surface area contributed by atoms with E-state index in [9.17, 15) is 0 Å². The first-order valence-electron chi connectivity index (χ1n) is 3.26. The van der Waals surface area contributed by atoms with E-state index in [0.29, 0.717) is 12.5 Å². The molecule has 0 fully saturated rings. The summed E-state index contributed by atoms with van der Waals surface area (Å²) in [5.74, 6) is 0.666. The summed E-state index contributed by atoms with van der Waals surface area (Å²) in [6, 6.07) is 0. The maximum absolute atomic E-state index is 5.39. The van der Waals surface area contributed by atoms with Crippen molar-refractivity contribution in [1.82, 2.24) is 0 Å². The van der Waals surface area contributed by atoms with Gasteiger partial charge in [-0.3, -0.25) is 0 Å². The van der Waals surface area contributed by atoms with Crippen LogP contribution in [0.3, 0.4) is 0 Å². The molecule has 0 aliphatic heterocycles. The molecule has 0 aromatic rings. The minimum Gasteiger partial charge on any atom is -0.361 e. The van der Waals surface area contributed by atoms with Crippen molar-refractivity contribution in [3.8, 4) is 0 Å². The fourth-order valence-corrected chi connectivity index (χ4v) is 0.955. The lowest BCUT2D eigenvalue weighted by Gasteiger charge is -2.13. The number of nitrogens with two attached hydrogens (primary N) is 1. The molecule has 0 saturated heterocycles. The summed E-state index contributed by atoms with van der Waals surface area (Å²) in [6.45, 7) is 4.93. The Balaban J connectivity index is 3.31. The van der Waals surface area contributed by atoms with Crippen LogP contribution in [0.5, 0.6) is 0 Å². The molecule has 0 aromatic carbocycles. The molecule has 2 atom stereocenters. The van der Waals surface area contributed by atoms with Gasteiger partial charge in [-0.2, -0.15) is 0 Å². The molecule has 0 aliphatic carbocycles. The van der Waals surface area contributed by atoms with Crippen LogP contribution in [0.1, 0.15) is 20.3 Å². The van der Waals surface area contributed by atoms with Gasteiger partial charge in [0, 0.05) is 16.0 Å². The van der Waals surface area contributed by atoms with Gasteiger partial charge < -0.3 is 10.3 Å². The zero-order valence-electron chi connectivity index (χ0n) is 6.13. The van der Waals surface area contributed by atoms with Crippen molar-refractivity contribution in [3.63, 3.8) is 0 Å². The second-order valence-corrected chi connectivity index (χ2v) is 2.90. The topological polar surface area (TPSA) is 35.2 Å². The van der Waals surface area contributed by atoms with Gasteiger partial charge in [0.1, 0.15) is 0 Å². The first kappa shape index (κ1) is 9.35. The number of hydrogen-bond donors (Lipinski definition) is 1. The Kier molecular flexibility index (Phi) is 5.36. The summed E-state index contributed by atoms with van der Waals surface area (Å²) in [7, 11) is 2.25. The maximum atomic E-state index is 5.39. The lowest BCUT2D eigenvalue weighted by atomic mass is 10.1. The Morgan fingerprint density at radius 3 is 2.22 bits per heavy atom. The summed E-state index contributed by atoms with van der Waals surface area (Å²) >= 11 is 0. The molecule has 2 unspecified atom stereocenters. The molecule has 9 heavy (non-hydrogen) atoms. The van der Waals surface area contributed by atoms with E-state index in [1.54, 1.807) is 0 Å². The smallest absolute Gasteiger partial charge is 0.0735 e. The highest BCUT2D eigenvalue weighted by molar-refractivity contribution is 7.09. The lowest BCUT2D eigenvalue weighted by Crippen LogP contribution is -2.22. The van der Waals surface area contributed by atoms with Gasteiger partial charge in [-0.25, -0.2) is 0 Å². The molecule has 0 saturated carbocycles. The largest absolute Gasteiger partial charge is 0.361 e. The van der Waals surface area contributed by atoms with Crippen molar-refractivity contribution >= 4 is 9.47 Å². The highest BCUT2D eigenvalue weighted by Crippen LogP contribution is 2.08. The molecule has 0 radical (unpaired) electrons. The number of rotatable bonds is 4. The summed E-state index contributed by atoms with van der Waals surface area (Å²) in [6.07, 6.45) is 1.26. The van der Waals surface area contributed by atoms with E-state index in [1.807, 2.05) is 0 Å². The third kappa shape index (κ3) is 4.83. The molecule has 0 aromatic heterocycles. The van der Waals surface area contributed by atoms with Crippen LogP contribution in [0.4, 0.5) is 0 Å². The van der Waals surface area contributed by atoms with E-state index in [-0.39, 0.29) is 6.10 Å². The quantitative estimate of drug-likeness (QED) is 0.609. The van der Waals surface area contributed by atoms with Gasteiger partial charge in [-0.05, 0) is 12.3 Å². The fourth-order valence-electron chi connectivity index (χ4n) is 0.733. The summed E-state index contributed by atoms with van der Waals surface area (Å²) in [4.78, 5) is 0. The van der Waals surface area contributed by atoms with Crippen LogP contribution >= 0.6 is 9.47 Å². The van der Waals surface area contributed by atoms with Gasteiger partial charge in [0.25, 0.3) is 0 Å². The fraction of sp³-hybridized carbons (Fsp3) is 1.00. The third-order valence-electron chi connectivity index (χ3n) is 1.19. The SMILES string of the molecule is CC(C)CC(CN)OP. The minimum atomic E-state index is 0.218. The highest BCUT2D eigenvalue weighted by Gasteiger charge is 2.05. The molecule has 0 heterocycles. The summed E-state index contributed by atoms with van der Waals surface area (Å²) in [5, 5.41) is 0. The third-order valence-corrected chi connectivity index (χ3v) is 1.57. The Labute approximate surface area is 59.4 Å². The molecule has 2 N–H and O–H groups in total. The first-order valence-corrected chi connectivity index (χ1v) is 3.73. The van der Waals surface area contributed by atoms with Gasteiger partial charge in [0.15, 0.2) is 0 Å². The molecule has 0 spiro atoms. The van der Waals surface area contributed by atoms with Crippen molar-refractivity contribution in [2.75, 3.05) is 6.54 Å². The van der Waals surface area contributed by atoms with Crippen LogP contribution in [0.25, 0.3) is 0 Å². The molecule has 0 rings (SSSR count). The molecule has 3 heteroatoms. The van der Waals surface area contributed by atoms with Gasteiger partial charge in [-0.15, -0.1) is 0 Å². The monoisotopic (exact) mass is 149 g/mol. The van der Waals surface area contributed by atoms with Crippen LogP contribution in [-0.4, -0.2) is 12.6 Å². The van der Waals surface area contributed by atoms with Crippen LogP contribution in [-0.2, 0) is 4.52 Å². The van der Waals surface area contributed by atoms with E-state index in [0.717, 1.165) is 6.42 Å². The Morgan fingerprint density at radius 2 is 2.11 bits per heavy atom. The van der Waals surface area contributed by atoms with E-state index in [4.69, 9.17) is 10.3 Å². The van der Waals surface area contributed by atoms with Crippen LogP contribution in [0, 0.1) is 5.92 Å². The summed E-state index contributed by atoms with van der Waals surface area (Å²) < 4.78 is 5.00. The van der Waals surface area contributed by atoms with Crippen LogP contribution in [0.15, 0.2) is 0 Å². The average Bonchev–Trinajstić information content (AvgIpc) is 1.82. The van der Waals surface area contributed by atoms with Crippen molar-refractivity contribution in [1.29, 1.82) is 0 Å². The standard InChI is InChI=1S/C6H16NOP/c1-5(2)3-6(4-7)8-9/h5-6H,3-4,7,9H2,1-2H3. The van der Waals surface area contributed by atoms with Crippen molar-refractivity contribution < 1.29 is 4.52 Å². The van der Waals surface area contributed by atoms with Gasteiger partial charge >= 0.3 is 0 Å². The predicted molar refractivity (Wildman–Crippen MR) is 43.1 cm³/mol. The normalized spacial score (nSPS) is 14.3. The van der Waals surface area contributed by atoms with Crippen molar-refractivity contribution in [2.45, 2.75) is 26.4 Å². The zero-order valence-corrected chi connectivity index (χ0v) is 7.29. The van der Waals surface area contributed by atoms with Crippen molar-refractivity contribution in [2.24, 2.45) is 11.7 Å². The predicted octanol–water partition coefficient (Wildman–Crippen LogP) is 1.17. The molecule has 0 aliphatic rings. The summed E-state index contributed by atoms with van der Waals surface area (Å²) in [5.41, 5.74) is 5.39. The van der Waals surface area contributed by atoms with E-state index in [1.165, 1.54) is 0 Å². The average molecular weight is 149 g/mol. The Hall–Kier alpha value is 0.350. The molecular weight excluding hydrogens is 133 g/mol. The van der Waals surface area contributed by atoms with Gasteiger partial charge in [0.05, 0.1) is 6.10 Å². The second kappa shape index (κ2) is 5.16. The molecule has 0 amide bonds. The molecule has 56 valence electrons. The molecular formula is C6H16NOP. The second-order valence-electron chi connectivity index (χ2n) is 2.62. The zero-order chi connectivity index (χ0) is 7.28. The first-order chi connectivity index (χ1) is 4.20. The highest BCUT2D eigenvalue weighted by atomic mass is 31.0. The van der Waals surface area contributed by atoms with Gasteiger partial charge in [0.2, 0.25) is 0 Å². The van der Waals surface area contributed by atoms with Gasteiger partial charge in [-0.1, -0.05) is 13.8 Å². The van der Waals surface area contributed by atoms with Crippen LogP contribution < -0.4 is 5.73 Å². The van der Waals surface area contributed by atoms with E-state index >= 15 is 0 Å². The van der Waals surface area contributed by atoms with Crippen molar-refractivity contribution in [3.05, 3.63) is 0 Å². The minimum absolute atomic E-state index is 0.218.